The van der Waals surface area contributed by atoms with E-state index in [1.807, 2.05) is 30.3 Å². The van der Waals surface area contributed by atoms with E-state index >= 15 is 0 Å². The van der Waals surface area contributed by atoms with Crippen molar-refractivity contribution < 1.29 is 26.2 Å². The third-order valence-corrected chi connectivity index (χ3v) is 5.23. The molecular formula is C30H41N3Zr. The second kappa shape index (κ2) is 16.6. The van der Waals surface area contributed by atoms with Gasteiger partial charge < -0.3 is 23.4 Å². The SMILES string of the molecule is Cc1cc(C)c([N-]CCNCC[N-]c2c(C)cc(C)cc2C)c(C)c1.[CH2-]c1ccccc1.[CH3-].[Zr+4]. The molecule has 0 aromatic heterocycles. The smallest absolute Gasteiger partial charge is 0.683 e. The Kier molecular flexibility index (Phi) is 15.6. The van der Waals surface area contributed by atoms with E-state index in [2.05, 4.69) is 78.0 Å². The molecule has 0 fully saturated rings. The van der Waals surface area contributed by atoms with E-state index in [1.54, 1.807) is 0 Å². The van der Waals surface area contributed by atoms with Crippen LogP contribution >= 0.6 is 0 Å². The molecule has 0 heterocycles. The van der Waals surface area contributed by atoms with Gasteiger partial charge >= 0.3 is 26.2 Å². The van der Waals surface area contributed by atoms with Crippen molar-refractivity contribution in [3.63, 3.8) is 0 Å². The first kappa shape index (κ1) is 32.0. The van der Waals surface area contributed by atoms with E-state index in [0.717, 1.165) is 43.1 Å². The van der Waals surface area contributed by atoms with Crippen LogP contribution in [0.5, 0.6) is 0 Å². The minimum Gasteiger partial charge on any atom is -0.683 e. The van der Waals surface area contributed by atoms with Crippen LogP contribution in [-0.2, 0) is 26.2 Å². The van der Waals surface area contributed by atoms with Gasteiger partial charge in [0.1, 0.15) is 0 Å². The van der Waals surface area contributed by atoms with Crippen LogP contribution in [0.3, 0.4) is 0 Å². The van der Waals surface area contributed by atoms with Crippen molar-refractivity contribution in [2.24, 2.45) is 0 Å². The molecule has 0 amide bonds. The molecule has 0 aliphatic carbocycles. The summed E-state index contributed by atoms with van der Waals surface area (Å²) < 4.78 is 0. The molecule has 0 atom stereocenters. The van der Waals surface area contributed by atoms with Crippen molar-refractivity contribution in [3.8, 4) is 0 Å². The van der Waals surface area contributed by atoms with Gasteiger partial charge in [-0.25, -0.2) is 0 Å². The third kappa shape index (κ3) is 10.9. The zero-order chi connectivity index (χ0) is 23.5. The molecule has 0 radical (unpaired) electrons. The fraction of sp³-hybridized carbons (Fsp3) is 0.333. The van der Waals surface area contributed by atoms with E-state index in [0.29, 0.717) is 0 Å². The minimum absolute atomic E-state index is 0. The van der Waals surface area contributed by atoms with Gasteiger partial charge in [0, 0.05) is 0 Å². The predicted octanol–water partition coefficient (Wildman–Crippen LogP) is 8.15. The number of benzene rings is 3. The predicted molar refractivity (Wildman–Crippen MR) is 147 cm³/mol. The van der Waals surface area contributed by atoms with Crippen LogP contribution in [-0.4, -0.2) is 26.2 Å². The van der Waals surface area contributed by atoms with E-state index in [1.165, 1.54) is 33.4 Å². The maximum Gasteiger partial charge on any atom is 4.00 e. The molecule has 180 valence electrons. The summed E-state index contributed by atoms with van der Waals surface area (Å²) >= 11 is 0. The number of aryl methyl sites for hydroxylation is 6. The van der Waals surface area contributed by atoms with E-state index < -0.39 is 0 Å². The maximum atomic E-state index is 4.75. The molecule has 1 N–H and O–H groups in total. The molecule has 0 saturated carbocycles. The van der Waals surface area contributed by atoms with Crippen molar-refractivity contribution in [3.05, 3.63) is 119 Å². The summed E-state index contributed by atoms with van der Waals surface area (Å²) in [6.07, 6.45) is 0. The fourth-order valence-corrected chi connectivity index (χ4v) is 3.94. The van der Waals surface area contributed by atoms with Crippen LogP contribution in [0.2, 0.25) is 0 Å². The molecule has 4 heteroatoms. The van der Waals surface area contributed by atoms with Gasteiger partial charge in [0.05, 0.1) is 0 Å². The van der Waals surface area contributed by atoms with Gasteiger partial charge in [0.2, 0.25) is 0 Å². The van der Waals surface area contributed by atoms with Crippen molar-refractivity contribution >= 4 is 11.4 Å². The van der Waals surface area contributed by atoms with Gasteiger partial charge in [0.25, 0.3) is 0 Å². The fourth-order valence-electron chi connectivity index (χ4n) is 3.94. The number of hydrogen-bond donors (Lipinski definition) is 1. The molecule has 0 aliphatic rings. The van der Waals surface area contributed by atoms with Crippen molar-refractivity contribution in [2.75, 3.05) is 26.2 Å². The molecule has 0 saturated heterocycles. The van der Waals surface area contributed by atoms with Crippen LogP contribution in [0.15, 0.2) is 54.6 Å². The molecule has 3 rings (SSSR count). The number of hydrogen-bond acceptors (Lipinski definition) is 1. The monoisotopic (exact) mass is 533 g/mol. The second-order valence-corrected chi connectivity index (χ2v) is 8.49. The van der Waals surface area contributed by atoms with Gasteiger partial charge in [-0.3, -0.25) is 0 Å². The van der Waals surface area contributed by atoms with E-state index in [9.17, 15) is 0 Å². The summed E-state index contributed by atoms with van der Waals surface area (Å²) in [5, 5.41) is 12.9. The summed E-state index contributed by atoms with van der Waals surface area (Å²) in [5.41, 5.74) is 11.0. The summed E-state index contributed by atoms with van der Waals surface area (Å²) in [7, 11) is 0. The molecule has 3 aromatic rings. The Bertz CT molecular complexity index is 876. The van der Waals surface area contributed by atoms with Crippen molar-refractivity contribution in [2.45, 2.75) is 41.5 Å². The van der Waals surface area contributed by atoms with Gasteiger partial charge in [-0.1, -0.05) is 63.7 Å². The summed E-state index contributed by atoms with van der Waals surface area (Å²) in [5.74, 6) is 0. The van der Waals surface area contributed by atoms with E-state index in [4.69, 9.17) is 10.6 Å². The Morgan fingerprint density at radius 1 is 0.647 bits per heavy atom. The van der Waals surface area contributed by atoms with Crippen LogP contribution in [0.4, 0.5) is 11.4 Å². The molecule has 34 heavy (non-hydrogen) atoms. The first-order valence-corrected chi connectivity index (χ1v) is 11.4. The van der Waals surface area contributed by atoms with Crippen LogP contribution < -0.4 is 5.32 Å². The molecule has 0 aliphatic heterocycles. The Hall–Kier alpha value is -2.03. The zero-order valence-electron chi connectivity index (χ0n) is 22.1. The van der Waals surface area contributed by atoms with Crippen LogP contribution in [0.25, 0.3) is 10.6 Å². The number of rotatable bonds is 8. The average molecular weight is 535 g/mol. The van der Waals surface area contributed by atoms with Crippen molar-refractivity contribution in [1.29, 1.82) is 0 Å². The summed E-state index contributed by atoms with van der Waals surface area (Å²) in [6, 6.07) is 18.7. The maximum absolute atomic E-state index is 4.75. The largest absolute Gasteiger partial charge is 4.00 e. The molecule has 3 nitrogen and oxygen atoms in total. The normalized spacial score (nSPS) is 9.71. The molecule has 3 aromatic carbocycles. The van der Waals surface area contributed by atoms with Crippen LogP contribution in [0.1, 0.15) is 38.9 Å². The van der Waals surface area contributed by atoms with Gasteiger partial charge in [0.15, 0.2) is 0 Å². The standard InChI is InChI=1S/C22H31N3.C7H7.CH3.Zr/c1-15-11-17(3)21(18(4)12-15)24-9-7-23-8-10-25-22-19(5)13-16(2)14-20(22)6;1-7-5-3-2-4-6-7;;/h11-14,23H,7-10H2,1-6H3;2-6H,1H2;1H3;/q-2;2*-1;+4. The minimum atomic E-state index is 0. The first-order chi connectivity index (χ1) is 15.3. The van der Waals surface area contributed by atoms with E-state index in [-0.39, 0.29) is 33.6 Å². The molecule has 0 spiro atoms. The van der Waals surface area contributed by atoms with Crippen molar-refractivity contribution in [1.82, 2.24) is 5.32 Å². The Balaban J connectivity index is 0.00000104. The zero-order valence-corrected chi connectivity index (χ0v) is 24.6. The quantitative estimate of drug-likeness (QED) is 0.230. The second-order valence-electron chi connectivity index (χ2n) is 8.49. The van der Waals surface area contributed by atoms with Gasteiger partial charge in [-0.05, 0) is 54.6 Å². The third-order valence-electron chi connectivity index (χ3n) is 5.23. The Morgan fingerprint density at radius 3 is 1.29 bits per heavy atom. The number of nitrogens with zero attached hydrogens (tertiary/aromatic N) is 2. The van der Waals surface area contributed by atoms with Gasteiger partial charge in [-0.15, -0.1) is 36.6 Å². The summed E-state index contributed by atoms with van der Waals surface area (Å²) in [6.45, 7) is 19.9. The Morgan fingerprint density at radius 2 is 1.00 bits per heavy atom. The molecule has 0 bridgehead atoms. The Labute approximate surface area is 228 Å². The molecule has 0 unspecified atom stereocenters. The average Bonchev–Trinajstić information content (AvgIpc) is 2.71. The molecular weight excluding hydrogens is 494 g/mol. The van der Waals surface area contributed by atoms with Gasteiger partial charge in [-0.2, -0.15) is 24.6 Å². The number of nitrogens with one attached hydrogen (secondary N) is 1. The topological polar surface area (TPSA) is 40.2 Å². The summed E-state index contributed by atoms with van der Waals surface area (Å²) in [4.78, 5) is 0. The first-order valence-electron chi connectivity index (χ1n) is 11.4. The van der Waals surface area contributed by atoms with Crippen LogP contribution in [0, 0.1) is 55.9 Å².